The third-order valence-electron chi connectivity index (χ3n) is 2.38. The summed E-state index contributed by atoms with van der Waals surface area (Å²) in [6.45, 7) is 1.82. The lowest BCUT2D eigenvalue weighted by Gasteiger charge is -2.01. The van der Waals surface area contributed by atoms with Gasteiger partial charge in [-0.05, 0) is 24.6 Å². The van der Waals surface area contributed by atoms with Gasteiger partial charge < -0.3 is 15.0 Å². The van der Waals surface area contributed by atoms with Crippen LogP contribution in [0, 0.1) is 0 Å². The molecule has 5 nitrogen and oxygen atoms in total. The minimum atomic E-state index is -0.210. The first-order valence-electron chi connectivity index (χ1n) is 5.40. The smallest absolute Gasteiger partial charge is 0.231 e. The van der Waals surface area contributed by atoms with Crippen molar-refractivity contribution in [2.45, 2.75) is 19.4 Å². The van der Waals surface area contributed by atoms with Crippen molar-refractivity contribution in [1.29, 1.82) is 0 Å². The van der Waals surface area contributed by atoms with Crippen LogP contribution in [0.3, 0.4) is 0 Å². The lowest BCUT2D eigenvalue weighted by atomic mass is 10.1. The van der Waals surface area contributed by atoms with Crippen LogP contribution in [0.1, 0.15) is 30.2 Å². The van der Waals surface area contributed by atoms with E-state index in [2.05, 4.69) is 10.1 Å². The van der Waals surface area contributed by atoms with E-state index in [-0.39, 0.29) is 6.04 Å². The van der Waals surface area contributed by atoms with Crippen molar-refractivity contribution in [1.82, 2.24) is 10.1 Å². The Kier molecular flexibility index (Phi) is 3.39. The predicted molar refractivity (Wildman–Crippen MR) is 62.7 cm³/mol. The van der Waals surface area contributed by atoms with Gasteiger partial charge in [0, 0.05) is 0 Å². The maximum absolute atomic E-state index is 5.66. The van der Waals surface area contributed by atoms with Crippen LogP contribution in [0.4, 0.5) is 0 Å². The van der Waals surface area contributed by atoms with E-state index in [4.69, 9.17) is 15.0 Å². The highest BCUT2D eigenvalue weighted by Crippen LogP contribution is 2.16. The highest BCUT2D eigenvalue weighted by Gasteiger charge is 2.10. The second kappa shape index (κ2) is 4.97. The van der Waals surface area contributed by atoms with Crippen LogP contribution in [0.2, 0.25) is 0 Å². The Balaban J connectivity index is 2.13. The lowest BCUT2D eigenvalue weighted by molar-refractivity contribution is 0.376. The molecule has 0 bridgehead atoms. The van der Waals surface area contributed by atoms with Crippen molar-refractivity contribution in [2.75, 3.05) is 7.11 Å². The largest absolute Gasteiger partial charge is 0.497 e. The van der Waals surface area contributed by atoms with Crippen LogP contribution < -0.4 is 10.5 Å². The van der Waals surface area contributed by atoms with Crippen molar-refractivity contribution < 1.29 is 9.26 Å². The predicted octanol–water partition coefficient (Wildman–Crippen LogP) is 1.69. The number of ether oxygens (including phenoxy) is 1. The van der Waals surface area contributed by atoms with E-state index in [1.54, 1.807) is 7.11 Å². The van der Waals surface area contributed by atoms with Gasteiger partial charge in [0.15, 0.2) is 5.82 Å². The van der Waals surface area contributed by atoms with Crippen LogP contribution >= 0.6 is 0 Å². The number of benzene rings is 1. The van der Waals surface area contributed by atoms with Crippen LogP contribution in [-0.2, 0) is 6.42 Å². The molecule has 1 heterocycles. The zero-order valence-electron chi connectivity index (χ0n) is 9.88. The maximum Gasteiger partial charge on any atom is 0.231 e. The molecule has 0 aliphatic rings. The summed E-state index contributed by atoms with van der Waals surface area (Å²) in [4.78, 5) is 4.22. The average molecular weight is 233 g/mol. The van der Waals surface area contributed by atoms with E-state index < -0.39 is 0 Å². The first-order valence-corrected chi connectivity index (χ1v) is 5.40. The normalized spacial score (nSPS) is 12.4. The van der Waals surface area contributed by atoms with Gasteiger partial charge in [-0.25, -0.2) is 0 Å². The summed E-state index contributed by atoms with van der Waals surface area (Å²) < 4.78 is 10.3. The molecule has 0 fully saturated rings. The number of methoxy groups -OCH3 is 1. The van der Waals surface area contributed by atoms with Crippen molar-refractivity contribution in [2.24, 2.45) is 5.73 Å². The van der Waals surface area contributed by atoms with Gasteiger partial charge in [-0.15, -0.1) is 0 Å². The molecule has 0 spiro atoms. The number of aromatic nitrogens is 2. The van der Waals surface area contributed by atoms with Crippen molar-refractivity contribution in [3.63, 3.8) is 0 Å². The second-order valence-corrected chi connectivity index (χ2v) is 3.86. The zero-order valence-corrected chi connectivity index (χ0v) is 9.88. The fraction of sp³-hybridized carbons (Fsp3) is 0.333. The maximum atomic E-state index is 5.66. The van der Waals surface area contributed by atoms with E-state index in [0.717, 1.165) is 11.3 Å². The van der Waals surface area contributed by atoms with Crippen LogP contribution in [-0.4, -0.2) is 17.3 Å². The second-order valence-electron chi connectivity index (χ2n) is 3.86. The van der Waals surface area contributed by atoms with E-state index in [0.29, 0.717) is 18.1 Å². The van der Waals surface area contributed by atoms with E-state index >= 15 is 0 Å². The molecule has 1 atom stereocenters. The summed E-state index contributed by atoms with van der Waals surface area (Å²) in [6, 6.07) is 7.54. The molecule has 0 radical (unpaired) electrons. The zero-order chi connectivity index (χ0) is 12.3. The monoisotopic (exact) mass is 233 g/mol. The van der Waals surface area contributed by atoms with Crippen molar-refractivity contribution in [3.8, 4) is 5.75 Å². The molecule has 5 heteroatoms. The summed E-state index contributed by atoms with van der Waals surface area (Å²) in [7, 11) is 1.64. The fourth-order valence-electron chi connectivity index (χ4n) is 1.48. The molecule has 90 valence electrons. The number of hydrogen-bond donors (Lipinski definition) is 1. The van der Waals surface area contributed by atoms with Gasteiger partial charge in [0.25, 0.3) is 0 Å². The molecule has 2 rings (SSSR count). The van der Waals surface area contributed by atoms with E-state index in [9.17, 15) is 0 Å². The van der Waals surface area contributed by atoms with Gasteiger partial charge >= 0.3 is 0 Å². The standard InChI is InChI=1S/C12H15N3O2/c1-8(13)12-14-11(17-15-12)7-9-4-3-5-10(6-9)16-2/h3-6,8H,7,13H2,1-2H3. The third kappa shape index (κ3) is 2.82. The quantitative estimate of drug-likeness (QED) is 0.869. The first-order chi connectivity index (χ1) is 8.19. The molecule has 0 aliphatic carbocycles. The van der Waals surface area contributed by atoms with Crippen LogP contribution in [0.5, 0.6) is 5.75 Å². The summed E-state index contributed by atoms with van der Waals surface area (Å²) in [5.41, 5.74) is 6.72. The van der Waals surface area contributed by atoms with Crippen LogP contribution in [0.25, 0.3) is 0 Å². The van der Waals surface area contributed by atoms with E-state index in [1.807, 2.05) is 31.2 Å². The average Bonchev–Trinajstić information content (AvgIpc) is 2.78. The Hall–Kier alpha value is -1.88. The van der Waals surface area contributed by atoms with Gasteiger partial charge in [0.1, 0.15) is 5.75 Å². The van der Waals surface area contributed by atoms with Gasteiger partial charge in [0.05, 0.1) is 19.6 Å². The molecule has 17 heavy (non-hydrogen) atoms. The van der Waals surface area contributed by atoms with E-state index in [1.165, 1.54) is 0 Å². The number of nitrogens with two attached hydrogens (primary N) is 1. The molecular weight excluding hydrogens is 218 g/mol. The van der Waals surface area contributed by atoms with Crippen molar-refractivity contribution in [3.05, 3.63) is 41.5 Å². The number of nitrogens with zero attached hydrogens (tertiary/aromatic N) is 2. The Morgan fingerprint density at radius 2 is 2.29 bits per heavy atom. The Bertz CT molecular complexity index is 494. The minimum Gasteiger partial charge on any atom is -0.497 e. The van der Waals surface area contributed by atoms with Gasteiger partial charge in [-0.2, -0.15) is 4.98 Å². The first kappa shape index (κ1) is 11.6. The molecule has 2 N–H and O–H groups in total. The number of rotatable bonds is 4. The molecular formula is C12H15N3O2. The molecule has 1 unspecified atom stereocenters. The summed E-state index contributed by atoms with van der Waals surface area (Å²) in [5.74, 6) is 1.91. The van der Waals surface area contributed by atoms with Gasteiger partial charge in [-0.1, -0.05) is 17.3 Å². The Morgan fingerprint density at radius 1 is 1.47 bits per heavy atom. The molecule has 2 aromatic rings. The summed E-state index contributed by atoms with van der Waals surface area (Å²) in [5, 5.41) is 3.81. The molecule has 1 aromatic carbocycles. The third-order valence-corrected chi connectivity index (χ3v) is 2.38. The van der Waals surface area contributed by atoms with Crippen LogP contribution in [0.15, 0.2) is 28.8 Å². The van der Waals surface area contributed by atoms with Gasteiger partial charge in [0.2, 0.25) is 5.89 Å². The van der Waals surface area contributed by atoms with Gasteiger partial charge in [-0.3, -0.25) is 0 Å². The molecule has 0 saturated carbocycles. The SMILES string of the molecule is COc1cccc(Cc2nc(C(C)N)no2)c1. The highest BCUT2D eigenvalue weighted by atomic mass is 16.5. The highest BCUT2D eigenvalue weighted by molar-refractivity contribution is 5.29. The minimum absolute atomic E-state index is 0.210. The lowest BCUT2D eigenvalue weighted by Crippen LogP contribution is -2.06. The number of hydrogen-bond acceptors (Lipinski definition) is 5. The molecule has 0 aliphatic heterocycles. The Labute approximate surface area is 99.6 Å². The topological polar surface area (TPSA) is 74.2 Å². The summed E-state index contributed by atoms with van der Waals surface area (Å²) in [6.07, 6.45) is 0.580. The molecule has 1 aromatic heterocycles. The fourth-order valence-corrected chi connectivity index (χ4v) is 1.48. The summed E-state index contributed by atoms with van der Waals surface area (Å²) >= 11 is 0. The molecule has 0 amide bonds. The van der Waals surface area contributed by atoms with Crippen molar-refractivity contribution >= 4 is 0 Å². The Morgan fingerprint density at radius 3 is 2.94 bits per heavy atom. The molecule has 0 saturated heterocycles.